The molecule has 1 aromatic rings. The molecule has 0 saturated carbocycles. The fourth-order valence-corrected chi connectivity index (χ4v) is 0.874. The molecule has 0 radical (unpaired) electrons. The Labute approximate surface area is 82.6 Å². The zero-order valence-corrected chi connectivity index (χ0v) is 7.76. The topological polar surface area (TPSA) is 136 Å². The van der Waals surface area contributed by atoms with E-state index < -0.39 is 24.2 Å². The number of aliphatic hydroxyl groups excluding tert-OH is 1. The van der Waals surface area contributed by atoms with Crippen LogP contribution in [0.1, 0.15) is 16.2 Å². The largest absolute Gasteiger partial charge is 0.388 e. The minimum absolute atomic E-state index is 0.136. The molecule has 1 heterocycles. The third kappa shape index (κ3) is 1.86. The number of imide groups is 1. The second kappa shape index (κ2) is 3.92. The molecule has 9 nitrogen and oxygen atoms in total. The van der Waals surface area contributed by atoms with Gasteiger partial charge in [0, 0.05) is 7.05 Å². The van der Waals surface area contributed by atoms with Crippen LogP contribution in [0.15, 0.2) is 4.63 Å². The highest BCUT2D eigenvalue weighted by molar-refractivity contribution is 6.01. The molecule has 9 heteroatoms. The molecule has 0 aliphatic heterocycles. The number of aromatic nitrogens is 2. The second-order valence-electron chi connectivity index (χ2n) is 2.64. The van der Waals surface area contributed by atoms with Crippen molar-refractivity contribution in [3.05, 3.63) is 16.3 Å². The van der Waals surface area contributed by atoms with Crippen LogP contribution >= 0.6 is 0 Å². The third-order valence-electron chi connectivity index (χ3n) is 1.72. The molecule has 1 aromatic heterocycles. The molecular formula is C6H9N4O5+. The van der Waals surface area contributed by atoms with Crippen LogP contribution in [0.4, 0.5) is 4.79 Å². The number of carbonyl (C=O) groups excluding carboxylic acids is 2. The predicted molar refractivity (Wildman–Crippen MR) is 44.0 cm³/mol. The summed E-state index contributed by atoms with van der Waals surface area (Å²) in [6.45, 7) is -0.605. The van der Waals surface area contributed by atoms with Crippen molar-refractivity contribution in [2.75, 3.05) is 7.05 Å². The summed E-state index contributed by atoms with van der Waals surface area (Å²) < 4.78 is 4.07. The van der Waals surface area contributed by atoms with Gasteiger partial charge in [0.25, 0.3) is 0 Å². The van der Waals surface area contributed by atoms with E-state index in [2.05, 4.69) is 4.63 Å². The Morgan fingerprint density at radius 1 is 1.67 bits per heavy atom. The van der Waals surface area contributed by atoms with Gasteiger partial charge >= 0.3 is 17.6 Å². The molecule has 0 aliphatic carbocycles. The summed E-state index contributed by atoms with van der Waals surface area (Å²) in [6.07, 6.45) is 0. The number of rotatable bonds is 2. The Morgan fingerprint density at radius 2 is 2.27 bits per heavy atom. The number of primary amides is 1. The Hall–Kier alpha value is -2.16. The summed E-state index contributed by atoms with van der Waals surface area (Å²) in [7, 11) is 1.10. The first-order valence-electron chi connectivity index (χ1n) is 3.80. The van der Waals surface area contributed by atoms with Crippen molar-refractivity contribution >= 4 is 11.9 Å². The molecule has 4 N–H and O–H groups in total. The average molecular weight is 217 g/mol. The van der Waals surface area contributed by atoms with Crippen LogP contribution in [0.25, 0.3) is 0 Å². The first-order valence-corrected chi connectivity index (χ1v) is 3.80. The zero-order chi connectivity index (χ0) is 11.6. The highest BCUT2D eigenvalue weighted by Crippen LogP contribution is 2.03. The summed E-state index contributed by atoms with van der Waals surface area (Å²) in [6, 6.07) is -1.02. The number of hydrogen-bond donors (Lipinski definition) is 3. The van der Waals surface area contributed by atoms with Gasteiger partial charge < -0.3 is 10.8 Å². The number of nitrogens with one attached hydrogen (secondary N) is 1. The van der Waals surface area contributed by atoms with Crippen molar-refractivity contribution in [3.8, 4) is 0 Å². The van der Waals surface area contributed by atoms with E-state index >= 15 is 0 Å². The maximum absolute atomic E-state index is 11.5. The number of nitrogens with zero attached hydrogens (tertiary/aromatic N) is 2. The molecule has 3 amide bonds. The lowest BCUT2D eigenvalue weighted by molar-refractivity contribution is -0.714. The van der Waals surface area contributed by atoms with Crippen LogP contribution in [-0.4, -0.2) is 34.1 Å². The predicted octanol–water partition coefficient (Wildman–Crippen LogP) is -1.83. The van der Waals surface area contributed by atoms with Crippen LogP contribution in [0.5, 0.6) is 0 Å². The van der Waals surface area contributed by atoms with Gasteiger partial charge in [-0.15, -0.1) is 0 Å². The van der Waals surface area contributed by atoms with Gasteiger partial charge in [-0.1, -0.05) is 9.79 Å². The smallest absolute Gasteiger partial charge is 0.335 e. The zero-order valence-electron chi connectivity index (χ0n) is 7.76. The van der Waals surface area contributed by atoms with Crippen molar-refractivity contribution in [2.45, 2.75) is 6.61 Å². The molecule has 0 fully saturated rings. The third-order valence-corrected chi connectivity index (χ3v) is 1.72. The summed E-state index contributed by atoms with van der Waals surface area (Å²) in [5.74, 6) is -0.966. The second-order valence-corrected chi connectivity index (χ2v) is 2.64. The van der Waals surface area contributed by atoms with Gasteiger partial charge in [0.05, 0.1) is 0 Å². The first-order chi connectivity index (χ1) is 6.99. The number of amides is 3. The Balaban J connectivity index is 3.16. The van der Waals surface area contributed by atoms with E-state index in [9.17, 15) is 14.5 Å². The molecule has 0 aromatic carbocycles. The molecule has 15 heavy (non-hydrogen) atoms. The number of aromatic amines is 1. The van der Waals surface area contributed by atoms with E-state index in [1.54, 1.807) is 0 Å². The minimum atomic E-state index is -1.02. The molecule has 0 spiro atoms. The highest BCUT2D eigenvalue weighted by atomic mass is 16.7. The number of urea groups is 1. The molecule has 0 saturated heterocycles. The quantitative estimate of drug-likeness (QED) is 0.535. The van der Waals surface area contributed by atoms with Crippen LogP contribution < -0.4 is 10.3 Å². The lowest BCUT2D eigenvalue weighted by Crippen LogP contribution is -2.41. The molecule has 1 rings (SSSR count). The van der Waals surface area contributed by atoms with E-state index in [1.165, 1.54) is 0 Å². The molecule has 82 valence electrons. The summed E-state index contributed by atoms with van der Waals surface area (Å²) in [4.78, 5) is 33.6. The van der Waals surface area contributed by atoms with Crippen molar-refractivity contribution in [1.29, 1.82) is 0 Å². The monoisotopic (exact) mass is 217 g/mol. The molecule has 0 unspecified atom stereocenters. The SMILES string of the molecule is CN(C(N)=O)C(=O)c1c(CO)[nH]o[n+]1=O. The van der Waals surface area contributed by atoms with Gasteiger partial charge in [-0.25, -0.2) is 4.79 Å². The van der Waals surface area contributed by atoms with Gasteiger partial charge in [-0.05, 0) is 4.91 Å². The molecule has 0 atom stereocenters. The first kappa shape index (κ1) is 10.9. The number of H-pyrrole nitrogens is 1. The maximum atomic E-state index is 11.5. The summed E-state index contributed by atoms with van der Waals surface area (Å²) in [5.41, 5.74) is 4.19. The lowest BCUT2D eigenvalue weighted by Gasteiger charge is -2.07. The van der Waals surface area contributed by atoms with Crippen LogP contribution in [0.3, 0.4) is 0 Å². The fraction of sp³-hybridized carbons (Fsp3) is 0.333. The molecular weight excluding hydrogens is 208 g/mol. The molecule has 0 bridgehead atoms. The standard InChI is InChI=1S/C6H8N4O5/c1-9(6(7)13)5(12)4-3(2-11)8-15-10(4)14/h11H,2H2,1H3,(H2-,7,8,12,13,14)/p+1. The van der Waals surface area contributed by atoms with E-state index in [0.29, 0.717) is 4.90 Å². The average Bonchev–Trinajstić information content (AvgIpc) is 2.57. The number of carbonyl (C=O) groups is 2. The van der Waals surface area contributed by atoms with Crippen molar-refractivity contribution in [2.24, 2.45) is 5.73 Å². The van der Waals surface area contributed by atoms with E-state index in [-0.39, 0.29) is 10.3 Å². The summed E-state index contributed by atoms with van der Waals surface area (Å²) >= 11 is 0. The van der Waals surface area contributed by atoms with Gasteiger partial charge in [0.1, 0.15) is 6.61 Å². The van der Waals surface area contributed by atoms with Crippen LogP contribution in [0, 0.1) is 4.91 Å². The van der Waals surface area contributed by atoms with E-state index in [1.807, 2.05) is 5.16 Å². The number of nitrogens with two attached hydrogens (primary N) is 1. The van der Waals surface area contributed by atoms with Gasteiger partial charge in [0.2, 0.25) is 5.69 Å². The Bertz CT molecular complexity index is 447. The van der Waals surface area contributed by atoms with Gasteiger partial charge in [-0.3, -0.25) is 9.69 Å². The maximum Gasteiger partial charge on any atom is 0.335 e. The van der Waals surface area contributed by atoms with Crippen LogP contribution in [-0.2, 0) is 6.61 Å². The van der Waals surface area contributed by atoms with E-state index in [4.69, 9.17) is 10.8 Å². The van der Waals surface area contributed by atoms with Crippen molar-refractivity contribution in [1.82, 2.24) is 10.1 Å². The van der Waals surface area contributed by atoms with Crippen LogP contribution in [0.2, 0.25) is 0 Å². The van der Waals surface area contributed by atoms with Gasteiger partial charge in [-0.2, -0.15) is 0 Å². The van der Waals surface area contributed by atoms with Gasteiger partial charge in [0.15, 0.2) is 4.60 Å². The summed E-state index contributed by atoms with van der Waals surface area (Å²) in [5, 5.41) is 10.8. The normalized spacial score (nSPS) is 10.0. The van der Waals surface area contributed by atoms with Crippen molar-refractivity contribution < 1.29 is 23.9 Å². The molecule has 0 aliphatic rings. The highest BCUT2D eigenvalue weighted by Gasteiger charge is 2.31. The lowest BCUT2D eigenvalue weighted by atomic mass is 10.3. The van der Waals surface area contributed by atoms with E-state index in [0.717, 1.165) is 7.05 Å². The number of hydrogen-bond acceptors (Lipinski definition) is 5. The number of aliphatic hydroxyl groups is 1. The minimum Gasteiger partial charge on any atom is -0.388 e. The Kier molecular flexibility index (Phi) is 2.85. The Morgan fingerprint density at radius 3 is 2.73 bits per heavy atom. The fourth-order valence-electron chi connectivity index (χ4n) is 0.874. The van der Waals surface area contributed by atoms with Crippen molar-refractivity contribution in [3.63, 3.8) is 0 Å².